The van der Waals surface area contributed by atoms with Crippen LogP contribution in [0, 0.1) is 0 Å². The Morgan fingerprint density at radius 3 is 1.34 bits per heavy atom. The molecule has 2 heterocycles. The van der Waals surface area contributed by atoms with E-state index in [1.165, 1.54) is 28.0 Å². The number of carbonyl (C=O) groups is 8. The summed E-state index contributed by atoms with van der Waals surface area (Å²) >= 11 is 1.58. The number of anilines is 4. The molecule has 0 bridgehead atoms. The molecular weight excluding hydrogens is 2020 g/mol. The summed E-state index contributed by atoms with van der Waals surface area (Å²) in [6, 6.07) is 45.3. The van der Waals surface area contributed by atoms with Gasteiger partial charge in [0, 0.05) is 29.6 Å². The van der Waals surface area contributed by atoms with Crippen LogP contribution < -0.4 is 146 Å². The fourth-order valence-electron chi connectivity index (χ4n) is 9.06. The molecule has 0 fully saturated rings. The molecular formula is C69H93Br3IN10O29PS6. The quantitative estimate of drug-likeness (QED) is 0.00496. The van der Waals surface area contributed by atoms with Gasteiger partial charge in [0.1, 0.15) is 87.7 Å². The molecule has 3 unspecified atom stereocenters. The summed E-state index contributed by atoms with van der Waals surface area (Å²) < 4.78 is 126. The average molecular weight is 2120 g/mol. The maximum Gasteiger partial charge on any atom is 0.337 e. The zero-order valence-corrected chi connectivity index (χ0v) is 75.7. The minimum absolute atomic E-state index is 0. The van der Waals surface area contributed by atoms with E-state index < -0.39 is 146 Å². The van der Waals surface area contributed by atoms with Gasteiger partial charge in [0.25, 0.3) is 46.3 Å². The molecule has 50 heteroatoms. The number of carboxylic acids is 8. The maximum atomic E-state index is 11.0. The normalized spacial score (nSPS) is 12.0. The van der Waals surface area contributed by atoms with Crippen molar-refractivity contribution in [3.8, 4) is 5.75 Å². The molecule has 0 aliphatic carbocycles. The van der Waals surface area contributed by atoms with E-state index in [0.717, 1.165) is 53.6 Å². The number of aliphatic carboxylic acids is 6. The van der Waals surface area contributed by atoms with Crippen LogP contribution >= 0.6 is 19.0 Å². The van der Waals surface area contributed by atoms with Crippen molar-refractivity contribution in [2.24, 2.45) is 22.9 Å². The Labute approximate surface area is 742 Å². The molecule has 119 heavy (non-hydrogen) atoms. The first-order chi connectivity index (χ1) is 53.3. The lowest BCUT2D eigenvalue weighted by molar-refractivity contribution is -0.681. The van der Waals surface area contributed by atoms with Gasteiger partial charge in [-0.2, -0.15) is 33.7 Å². The van der Waals surface area contributed by atoms with E-state index in [2.05, 4.69) is 85.3 Å². The van der Waals surface area contributed by atoms with Crippen LogP contribution in [0.25, 0.3) is 0 Å². The van der Waals surface area contributed by atoms with Gasteiger partial charge in [0.15, 0.2) is 0 Å². The van der Waals surface area contributed by atoms with Gasteiger partial charge < -0.3 is 155 Å². The van der Waals surface area contributed by atoms with Crippen molar-refractivity contribution in [3.05, 3.63) is 187 Å². The number of amidine groups is 1. The first-order valence-electron chi connectivity index (χ1n) is 32.9. The highest BCUT2D eigenvalue weighted by Gasteiger charge is 2.45. The highest BCUT2D eigenvalue weighted by Crippen LogP contribution is 2.55. The van der Waals surface area contributed by atoms with Gasteiger partial charge in [-0.3, -0.25) is 63.0 Å². The number of aromatic nitrogens is 1. The van der Waals surface area contributed by atoms with Crippen LogP contribution in [0.4, 0.5) is 22.9 Å². The van der Waals surface area contributed by atoms with Crippen LogP contribution in [-0.4, -0.2) is 230 Å². The molecule has 0 saturated carbocycles. The first-order valence-corrected chi connectivity index (χ1v) is 44.2. The largest absolute Gasteiger partial charge is 1.00 e. The predicted octanol–water partition coefficient (Wildman–Crippen LogP) is -11.1. The smallest absolute Gasteiger partial charge is 0.337 e. The average Bonchev–Trinajstić information content (AvgIpc) is 0.916. The van der Waals surface area contributed by atoms with Crippen molar-refractivity contribution in [2.75, 3.05) is 84.3 Å². The fraction of sp³-hybridized carbons (Fsp3) is 0.275. The molecule has 28 N–H and O–H groups in total. The Kier molecular flexibility index (Phi) is 56.6. The highest BCUT2D eigenvalue weighted by molar-refractivity contribution is 8.13. The minimum Gasteiger partial charge on any atom is -1.00 e. The lowest BCUT2D eigenvalue weighted by atomic mass is 10.1. The Balaban J connectivity index is -0.000000665. The lowest BCUT2D eigenvalue weighted by Crippen LogP contribution is -3.00. The number of hydrogen-bond donors (Lipinski definition) is 20. The van der Waals surface area contributed by atoms with Crippen molar-refractivity contribution >= 4 is 162 Å². The Morgan fingerprint density at radius 2 is 0.958 bits per heavy atom. The molecule has 662 valence electrons. The molecule has 6 aromatic carbocycles. The summed E-state index contributed by atoms with van der Waals surface area (Å²) in [7, 11) is -19.1. The Hall–Kier alpha value is -8.48. The number of hydrogen-bond acceptors (Lipinski definition) is 26. The van der Waals surface area contributed by atoms with Crippen LogP contribution in [0.5, 0.6) is 5.75 Å². The van der Waals surface area contributed by atoms with Crippen molar-refractivity contribution in [1.29, 1.82) is 0 Å². The van der Waals surface area contributed by atoms with E-state index in [4.69, 9.17) is 110 Å². The van der Waals surface area contributed by atoms with Crippen molar-refractivity contribution in [2.45, 2.75) is 66.6 Å². The molecule has 1 aromatic heterocycles. The van der Waals surface area contributed by atoms with Crippen molar-refractivity contribution in [1.82, 2.24) is 0 Å². The molecule has 7 aromatic rings. The van der Waals surface area contributed by atoms with Gasteiger partial charge in [-0.25, -0.2) is 14.2 Å². The number of thioether (sulfide) groups is 1. The third kappa shape index (κ3) is 47.9. The van der Waals surface area contributed by atoms with Gasteiger partial charge in [-0.05, 0) is 126 Å². The van der Waals surface area contributed by atoms with E-state index in [0.29, 0.717) is 59.8 Å². The number of nitrogens with two attached hydrogens (primary N) is 8. The third-order valence-corrected chi connectivity index (χ3v) is 24.4. The number of carboxylic acid groups (broad SMARTS) is 8. The number of nitrogen functional groups attached to an aromatic ring is 4. The molecule has 39 nitrogen and oxygen atoms in total. The van der Waals surface area contributed by atoms with E-state index in [1.807, 2.05) is 34.9 Å². The van der Waals surface area contributed by atoms with Crippen LogP contribution in [0.2, 0.25) is 0 Å². The summed E-state index contributed by atoms with van der Waals surface area (Å²) in [5.74, 6) is -7.55. The summed E-state index contributed by atoms with van der Waals surface area (Å²) in [6.45, 7) is 2.31. The number of benzene rings is 6. The number of aryl methyl sites for hydroxylation is 1. The highest BCUT2D eigenvalue weighted by atomic mass is 127. The van der Waals surface area contributed by atoms with Crippen molar-refractivity contribution < 1.29 is 220 Å². The van der Waals surface area contributed by atoms with Crippen LogP contribution in [0.3, 0.4) is 0 Å². The number of halogens is 4. The zero-order valence-electron chi connectivity index (χ0n) is 63.0. The molecule has 8 rings (SSSR count). The summed E-state index contributed by atoms with van der Waals surface area (Å²) in [5, 5.41) is 72.3. The summed E-state index contributed by atoms with van der Waals surface area (Å²) in [6.07, 6.45) is 7.23. The molecule has 0 spiro atoms. The topological polar surface area (TPSA) is 740 Å². The van der Waals surface area contributed by atoms with E-state index >= 15 is 0 Å². The monoisotopic (exact) mass is 2110 g/mol. The van der Waals surface area contributed by atoms with Gasteiger partial charge >= 0.3 is 52.9 Å². The molecule has 0 radical (unpaired) electrons. The summed E-state index contributed by atoms with van der Waals surface area (Å²) in [5.41, 5.74) is 43.1. The first kappa shape index (κ1) is 117. The van der Waals surface area contributed by atoms with Crippen molar-refractivity contribution in [3.63, 3.8) is 0 Å². The molecule has 3 atom stereocenters. The van der Waals surface area contributed by atoms with E-state index in [9.17, 15) is 72.0 Å². The SMILES string of the molecule is C[S+](C)CCC(N)C(=O)O.NC(CCS(=O)(=O)O)C(=O)O.NC(CS(=O)(=O)O)C(=O)O.NC1=[N+](CCC(=O)O)CCS1.Nc1cc(CC(=O)O)ccc1OCC[P+](c1ccccc1)(c1ccccc1)c1ccccc1.Nc1ccc(C(=O)O)c(S(=O)(=O)O)c1.Nc1ccc(S(=O)(=O)O)c(C(=O)O)c1.Nc1cccc[n+]1CCC(=O)O.[Br-].[Br-].[Br-].[I-]. The minimum atomic E-state index is -4.56. The number of rotatable bonds is 30. The van der Waals surface area contributed by atoms with Crippen LogP contribution in [0.1, 0.15) is 52.0 Å². The molecule has 1 aliphatic heterocycles. The Bertz CT molecular complexity index is 4840. The van der Waals surface area contributed by atoms with E-state index in [1.54, 1.807) is 46.8 Å². The Morgan fingerprint density at radius 1 is 0.513 bits per heavy atom. The standard InChI is InChI=1S/C28H26NO3P.C8H10N2O2.2C7H7NO5S.C6H10N2O2S.C6H13NO2S.C4H9NO5S.C3H7NO5S.3BrH.HI/c29-26-20-22(21-28(30)31)16-17-27(26)32-18-19-33(23-10-4-1-5-11-23,24-12-6-2-7-13-24)25-14-8-3-9-15-25;9-7-3-1-2-5-10(7)6-4-8(11)12;8-4-1-2-6(14(11,12)13)5(3-4)7(9)10;8-4-1-2-5(7(9)10)6(3-4)14(11,12)13;7-6-8(3-4-11-6)2-1-5(9)10;1-10(2)4-3-5(7)6(8)9;5-3(4(6)7)1-2-11(8,9)10;4-2(3(5)6)1-10(7,8)9;;;;/h1-17,20H,18-19,21,29H2;1-3,5,9H,4,6H2,(H,11,12);2*1-3H,8H2,(H,9,10)(H,11,12,13);7H,1-4H2,(H,9,10);5H,3-4,7H2,1-2H3;3H,1-2,5H2,(H,6,7)(H,8,9,10);2H,1,4H2,(H,5,6)(H,7,8,9);4*1H. The van der Waals surface area contributed by atoms with Gasteiger partial charge in [0.2, 0.25) is 0 Å². The maximum absolute atomic E-state index is 11.0. The second-order valence-electron chi connectivity index (χ2n) is 23.8. The van der Waals surface area contributed by atoms with Crippen LogP contribution in [-0.2, 0) is 93.1 Å². The molecule has 0 saturated heterocycles. The van der Waals surface area contributed by atoms with Gasteiger partial charge in [-0.1, -0.05) is 66.7 Å². The fourth-order valence-corrected chi connectivity index (χ4v) is 17.3. The number of pyridine rings is 1. The van der Waals surface area contributed by atoms with Gasteiger partial charge in [0.05, 0.1) is 73.6 Å². The number of nitrogens with zero attached hydrogens (tertiary/aromatic N) is 2. The lowest BCUT2D eigenvalue weighted by Gasteiger charge is -2.27. The van der Waals surface area contributed by atoms with Crippen LogP contribution in [0.15, 0.2) is 180 Å². The second-order valence-corrected chi connectivity index (χ2v) is 36.8. The summed E-state index contributed by atoms with van der Waals surface area (Å²) in [4.78, 5) is 81.3. The second kappa shape index (κ2) is 57.7. The predicted molar refractivity (Wildman–Crippen MR) is 433 cm³/mol. The molecule has 0 amide bonds. The number of ether oxygens (including phenoxy) is 1. The third-order valence-electron chi connectivity index (χ3n) is 14.7. The van der Waals surface area contributed by atoms with Gasteiger partial charge in [-0.15, -0.1) is 0 Å². The molecule has 1 aliphatic rings. The van der Waals surface area contributed by atoms with E-state index in [-0.39, 0.29) is 112 Å². The zero-order chi connectivity index (χ0) is 87.8. The number of aromatic carboxylic acids is 2.